The van der Waals surface area contributed by atoms with Crippen molar-refractivity contribution in [1.29, 1.82) is 0 Å². The lowest BCUT2D eigenvalue weighted by molar-refractivity contribution is 1.11. The van der Waals surface area contributed by atoms with E-state index < -0.39 is 0 Å². The van der Waals surface area contributed by atoms with Gasteiger partial charge < -0.3 is 4.98 Å². The lowest BCUT2D eigenvalue weighted by atomic mass is 10.6. The Morgan fingerprint density at radius 2 is 2.09 bits per heavy atom. The fourth-order valence-electron chi connectivity index (χ4n) is 0.773. The molecule has 0 unspecified atom stereocenters. The van der Waals surface area contributed by atoms with Gasteiger partial charge in [0, 0.05) is 22.6 Å². The highest BCUT2D eigenvalue weighted by Gasteiger charge is 2.04. The summed E-state index contributed by atoms with van der Waals surface area (Å²) in [6.45, 7) is 0. The van der Waals surface area contributed by atoms with E-state index in [0.717, 1.165) is 18.7 Å². The first kappa shape index (κ1) is 7.65. The van der Waals surface area contributed by atoms with Crippen molar-refractivity contribution in [3.63, 3.8) is 0 Å². The summed E-state index contributed by atoms with van der Waals surface area (Å²) in [5, 5.41) is 0. The van der Waals surface area contributed by atoms with Crippen molar-refractivity contribution >= 4 is 56.3 Å². The van der Waals surface area contributed by atoms with E-state index in [1.807, 2.05) is 0 Å². The van der Waals surface area contributed by atoms with Crippen molar-refractivity contribution in [3.05, 3.63) is 13.9 Å². The quantitative estimate of drug-likeness (QED) is 0.434. The third-order valence-corrected chi connectivity index (χ3v) is 2.48. The van der Waals surface area contributed by atoms with Gasteiger partial charge in [0.1, 0.15) is 9.22 Å². The highest BCUT2D eigenvalue weighted by Crippen LogP contribution is 2.13. The van der Waals surface area contributed by atoms with E-state index in [1.165, 1.54) is 0 Å². The molecule has 2 aromatic heterocycles. The van der Waals surface area contributed by atoms with Gasteiger partial charge in [0.2, 0.25) is 0 Å². The van der Waals surface area contributed by atoms with Gasteiger partial charge in [0.25, 0.3) is 0 Å². The molecule has 0 spiro atoms. The Morgan fingerprint density at radius 3 is 2.91 bits per heavy atom. The summed E-state index contributed by atoms with van der Waals surface area (Å²) < 4.78 is 1.64. The summed E-state index contributed by atoms with van der Waals surface area (Å²) in [6, 6.07) is 0. The van der Waals surface area contributed by atoms with Crippen molar-refractivity contribution in [2.75, 3.05) is 0 Å². The maximum absolute atomic E-state index is 4.16. The van der Waals surface area contributed by atoms with E-state index in [0.29, 0.717) is 0 Å². The molecule has 0 radical (unpaired) electrons. The number of H-pyrrole nitrogens is 1. The van der Waals surface area contributed by atoms with Gasteiger partial charge in [-0.3, -0.25) is 0 Å². The monoisotopic (exact) mass is 372 g/mol. The zero-order valence-electron chi connectivity index (χ0n) is 5.17. The Balaban J connectivity index is 2.91. The number of fused-ring (bicyclic) bond motifs is 1. The van der Waals surface area contributed by atoms with Gasteiger partial charge >= 0.3 is 0 Å². The number of aromatic amines is 1. The predicted molar refractivity (Wildman–Crippen MR) is 57.1 cm³/mol. The fourth-order valence-corrected chi connectivity index (χ4v) is 2.33. The lowest BCUT2D eigenvalue weighted by Crippen LogP contribution is -1.91. The molecule has 2 rings (SSSR count). The maximum Gasteiger partial charge on any atom is 0.193 e. The smallest absolute Gasteiger partial charge is 0.193 e. The Hall–Kier alpha value is 0.01000. The molecule has 0 bridgehead atoms. The number of imidazole rings is 1. The molecule has 0 amide bonds. The molecular weight excluding hydrogens is 370 g/mol. The van der Waals surface area contributed by atoms with E-state index in [4.69, 9.17) is 0 Å². The second-order valence-corrected chi connectivity index (χ2v) is 3.87. The van der Waals surface area contributed by atoms with E-state index in [9.17, 15) is 0 Å². The van der Waals surface area contributed by atoms with Gasteiger partial charge in [-0.2, -0.15) is 0 Å². The molecule has 1 N–H and O–H groups in total. The Labute approximate surface area is 89.5 Å². The average Bonchev–Trinajstić information content (AvgIpc) is 2.34. The summed E-state index contributed by atoms with van der Waals surface area (Å²) in [4.78, 5) is 15.3. The number of nitrogens with zero attached hydrogens (tertiary/aromatic N) is 3. The normalized spacial score (nSPS) is 10.7. The van der Waals surface area contributed by atoms with Gasteiger partial charge in [0.15, 0.2) is 9.48 Å². The number of hydrogen-bond acceptors (Lipinski definition) is 3. The topological polar surface area (TPSA) is 54.5 Å². The van der Waals surface area contributed by atoms with E-state index in [2.05, 4.69) is 65.1 Å². The maximum atomic E-state index is 4.16. The van der Waals surface area contributed by atoms with Crippen LogP contribution in [-0.2, 0) is 0 Å². The Kier molecular flexibility index (Phi) is 1.95. The molecule has 6 heteroatoms. The first-order chi connectivity index (χ1) is 5.27. The first-order valence-corrected chi connectivity index (χ1v) is 4.95. The van der Waals surface area contributed by atoms with Gasteiger partial charge in [-0.1, -0.05) is 0 Å². The highest BCUT2D eigenvalue weighted by molar-refractivity contribution is 14.1. The van der Waals surface area contributed by atoms with Crippen LogP contribution in [0.25, 0.3) is 11.2 Å². The van der Waals surface area contributed by atoms with Crippen molar-refractivity contribution < 1.29 is 0 Å². The lowest BCUT2D eigenvalue weighted by Gasteiger charge is -1.91. The van der Waals surface area contributed by atoms with Crippen LogP contribution in [0.3, 0.4) is 0 Å². The minimum absolute atomic E-state index is 0.728. The summed E-state index contributed by atoms with van der Waals surface area (Å²) >= 11 is 4.22. The SMILES string of the molecule is Ic1nc(I)c2[nH]cnc2n1. The van der Waals surface area contributed by atoms with E-state index in [1.54, 1.807) is 6.33 Å². The molecule has 0 atom stereocenters. The molecule has 11 heavy (non-hydrogen) atoms. The molecule has 0 fully saturated rings. The van der Waals surface area contributed by atoms with Gasteiger partial charge in [-0.15, -0.1) is 0 Å². The third kappa shape index (κ3) is 1.33. The predicted octanol–water partition coefficient (Wildman–Crippen LogP) is 1.56. The van der Waals surface area contributed by atoms with Gasteiger partial charge in [-0.25, -0.2) is 15.0 Å². The molecule has 2 heterocycles. The standard InChI is InChI=1S/C5H2I2N4/c6-3-2-4(9-1-8-2)11-5(7)10-3/h1H,(H,8,9,10,11). The minimum atomic E-state index is 0.728. The first-order valence-electron chi connectivity index (χ1n) is 2.79. The van der Waals surface area contributed by atoms with Crippen molar-refractivity contribution in [3.8, 4) is 0 Å². The molecular formula is C5H2I2N4. The minimum Gasteiger partial charge on any atom is -0.341 e. The zero-order valence-corrected chi connectivity index (χ0v) is 9.49. The van der Waals surface area contributed by atoms with E-state index in [-0.39, 0.29) is 0 Å². The van der Waals surface area contributed by atoms with Crippen LogP contribution in [0.4, 0.5) is 0 Å². The van der Waals surface area contributed by atoms with Crippen LogP contribution in [0, 0.1) is 7.53 Å². The second-order valence-electron chi connectivity index (χ2n) is 1.88. The van der Waals surface area contributed by atoms with E-state index >= 15 is 0 Å². The fraction of sp³-hybridized carbons (Fsp3) is 0. The average molecular weight is 372 g/mol. The zero-order chi connectivity index (χ0) is 7.84. The second kappa shape index (κ2) is 2.81. The van der Waals surface area contributed by atoms with Crippen LogP contribution in [-0.4, -0.2) is 19.9 Å². The molecule has 0 aliphatic rings. The number of aromatic nitrogens is 4. The molecule has 0 saturated heterocycles. The van der Waals surface area contributed by atoms with Crippen LogP contribution in [0.15, 0.2) is 6.33 Å². The Bertz CT molecular complexity index is 396. The molecule has 4 nitrogen and oxygen atoms in total. The summed E-state index contributed by atoms with van der Waals surface area (Å²) in [5.74, 6) is 0. The van der Waals surface area contributed by atoms with Crippen LogP contribution in [0.5, 0.6) is 0 Å². The molecule has 0 aromatic carbocycles. The summed E-state index contributed by atoms with van der Waals surface area (Å²) in [6.07, 6.45) is 1.62. The van der Waals surface area contributed by atoms with Crippen molar-refractivity contribution in [2.24, 2.45) is 0 Å². The number of hydrogen-bond donors (Lipinski definition) is 1. The van der Waals surface area contributed by atoms with Crippen molar-refractivity contribution in [1.82, 2.24) is 19.9 Å². The largest absolute Gasteiger partial charge is 0.341 e. The van der Waals surface area contributed by atoms with Crippen LogP contribution in [0.2, 0.25) is 0 Å². The van der Waals surface area contributed by atoms with Gasteiger partial charge in [0.05, 0.1) is 6.33 Å². The number of rotatable bonds is 0. The summed E-state index contributed by atoms with van der Waals surface area (Å²) in [7, 11) is 0. The van der Waals surface area contributed by atoms with Crippen LogP contribution < -0.4 is 0 Å². The van der Waals surface area contributed by atoms with Crippen LogP contribution in [0.1, 0.15) is 0 Å². The van der Waals surface area contributed by atoms with Crippen molar-refractivity contribution in [2.45, 2.75) is 0 Å². The molecule has 0 aliphatic carbocycles. The molecule has 0 aliphatic heterocycles. The third-order valence-electron chi connectivity index (χ3n) is 1.21. The molecule has 0 saturated carbocycles. The highest BCUT2D eigenvalue weighted by atomic mass is 127. The Morgan fingerprint density at radius 1 is 1.27 bits per heavy atom. The van der Waals surface area contributed by atoms with Crippen LogP contribution >= 0.6 is 45.2 Å². The summed E-state index contributed by atoms with van der Waals surface area (Å²) in [5.41, 5.74) is 1.64. The molecule has 2 aromatic rings. The number of nitrogens with one attached hydrogen (secondary N) is 1. The van der Waals surface area contributed by atoms with Gasteiger partial charge in [-0.05, 0) is 22.6 Å². The number of halogens is 2. The molecule has 56 valence electrons.